The first-order valence-corrected chi connectivity index (χ1v) is 23.3. The van der Waals surface area contributed by atoms with Crippen molar-refractivity contribution in [1.82, 2.24) is 29.9 Å². The van der Waals surface area contributed by atoms with Gasteiger partial charge in [0.25, 0.3) is 0 Å². The van der Waals surface area contributed by atoms with Crippen LogP contribution in [0.4, 0.5) is 47.1 Å². The summed E-state index contributed by atoms with van der Waals surface area (Å²) in [6, 6.07) is 7.82. The fourth-order valence-corrected chi connectivity index (χ4v) is 8.66. The molecule has 0 unspecified atom stereocenters. The van der Waals surface area contributed by atoms with Crippen molar-refractivity contribution in [3.05, 3.63) is 72.8 Å². The van der Waals surface area contributed by atoms with Crippen LogP contribution >= 0.6 is 0 Å². The zero-order chi connectivity index (χ0) is 46.1. The Balaban J connectivity index is 0.00000476. The number of benzene rings is 2. The molecule has 22 nitrogen and oxygen atoms in total. The van der Waals surface area contributed by atoms with Gasteiger partial charge in [-0.2, -0.15) is 29.9 Å². The number of aliphatic hydroxyl groups is 2. The van der Waals surface area contributed by atoms with Crippen LogP contribution in [0.25, 0.3) is 12.2 Å². The third-order valence-corrected chi connectivity index (χ3v) is 12.7. The van der Waals surface area contributed by atoms with Gasteiger partial charge in [0.2, 0.25) is 35.7 Å². The topological polar surface area (TPSA) is 287 Å². The maximum absolute atomic E-state index is 12.6. The molecular formula is C40H54N14Na2O8S2+2. The summed E-state index contributed by atoms with van der Waals surface area (Å²) in [6.07, 6.45) is 6.21. The predicted octanol–water partition coefficient (Wildman–Crippen LogP) is -4.76. The quantitative estimate of drug-likeness (QED) is 0.0159. The number of hydrogen-bond acceptors (Lipinski definition) is 20. The molecule has 2 aromatic carbocycles. The summed E-state index contributed by atoms with van der Waals surface area (Å²) in [5.41, 5.74) is 0.112. The second kappa shape index (κ2) is 23.9. The van der Waals surface area contributed by atoms with E-state index in [1.54, 1.807) is 0 Å². The minimum atomic E-state index is -5.11. The number of hydrogen-bond donors (Lipinski definition) is 6. The second-order valence-electron chi connectivity index (χ2n) is 15.9. The van der Waals surface area contributed by atoms with E-state index in [0.29, 0.717) is 38.1 Å². The Morgan fingerprint density at radius 3 is 1.29 bits per heavy atom. The van der Waals surface area contributed by atoms with Crippen LogP contribution in [0.15, 0.2) is 71.5 Å². The van der Waals surface area contributed by atoms with E-state index in [1.807, 2.05) is 22.0 Å². The molecule has 6 rings (SSSR count). The van der Waals surface area contributed by atoms with Crippen LogP contribution in [0.3, 0.4) is 0 Å². The smallest absolute Gasteiger partial charge is 0.744 e. The standard InChI is InChI=1S/C40H54N14O8S2.2Na/c1-5-19-53(3)21-15-51(16-22-53)39-47-35(41-13-25-55)45-37(49-39)43-31-11-9-29(33(27-31)63(57,58)59)7-8-30-10-12-32(28-34(30)64(60,61)62)44-38-46-36(42-14-26-56)48-40(50-38)52-17-23-54(4,20-6-2)24-18-52;;/h5-12,27-28,55-56H,1-2,13-26H2,3-4H3,(H4-2,41,42,43,44,45,46,47,48,49,50,57,58,59,60,61,62);;/q;2*+1/b8-7+;;. The molecule has 0 atom stereocenters. The summed E-state index contributed by atoms with van der Waals surface area (Å²) in [5, 5.41) is 30.6. The minimum Gasteiger partial charge on any atom is -0.744 e. The third-order valence-electron chi connectivity index (χ3n) is 10.9. The minimum absolute atomic E-state index is 0. The molecule has 0 amide bonds. The van der Waals surface area contributed by atoms with E-state index in [-0.39, 0.29) is 132 Å². The van der Waals surface area contributed by atoms with E-state index in [0.717, 1.165) is 60.4 Å². The first-order chi connectivity index (χ1) is 30.4. The van der Waals surface area contributed by atoms with Gasteiger partial charge in [-0.3, -0.25) is 0 Å². The number of piperazine rings is 2. The van der Waals surface area contributed by atoms with Crippen molar-refractivity contribution in [1.29, 1.82) is 0 Å². The SMILES string of the molecule is C=CC[N+]1(C)CCN(c2nc(NCCO)nc(Nc3ccc(/C=C/c4ccc(Nc5nc(NCCO)nc(N6CC[N+](C)(CC=C)CC6)n5)cc4S(=O)(=O)[O-])c(S(=O)(=O)[O-])c3)n2)CC1.[Na+].[Na+]. The van der Waals surface area contributed by atoms with Gasteiger partial charge in [0.15, 0.2) is 0 Å². The predicted molar refractivity (Wildman–Crippen MR) is 241 cm³/mol. The monoisotopic (exact) mass is 968 g/mol. The summed E-state index contributed by atoms with van der Waals surface area (Å²) in [4.78, 5) is 29.6. The van der Waals surface area contributed by atoms with Crippen molar-refractivity contribution in [2.75, 3.05) is 137 Å². The van der Waals surface area contributed by atoms with E-state index in [4.69, 9.17) is 0 Å². The molecule has 66 heavy (non-hydrogen) atoms. The van der Waals surface area contributed by atoms with E-state index in [1.165, 1.54) is 36.4 Å². The molecule has 6 N–H and O–H groups in total. The molecule has 0 aliphatic carbocycles. The Kier molecular flexibility index (Phi) is 19.8. The van der Waals surface area contributed by atoms with Gasteiger partial charge in [-0.15, -0.1) is 0 Å². The van der Waals surface area contributed by atoms with Gasteiger partial charge in [-0.05, 0) is 47.5 Å². The molecule has 0 radical (unpaired) electrons. The van der Waals surface area contributed by atoms with Crippen molar-refractivity contribution < 1.29 is 104 Å². The molecule has 344 valence electrons. The molecule has 2 aliphatic heterocycles. The van der Waals surface area contributed by atoms with Crippen LogP contribution in [-0.2, 0) is 20.2 Å². The van der Waals surface area contributed by atoms with Gasteiger partial charge in [-0.1, -0.05) is 37.4 Å². The zero-order valence-electron chi connectivity index (χ0n) is 37.7. The Morgan fingerprint density at radius 1 is 0.621 bits per heavy atom. The number of likely N-dealkylation sites (N-methyl/N-ethyl adjacent to an activating group) is 2. The number of nitrogens with zero attached hydrogens (tertiary/aromatic N) is 10. The molecule has 26 heteroatoms. The fourth-order valence-electron chi connectivity index (χ4n) is 7.27. The maximum Gasteiger partial charge on any atom is 1.00 e. The number of rotatable bonds is 20. The number of anilines is 8. The summed E-state index contributed by atoms with van der Waals surface area (Å²) in [5.74, 6) is 1.12. The van der Waals surface area contributed by atoms with Gasteiger partial charge in [0.05, 0.1) is 103 Å². The molecule has 2 aromatic heterocycles. The average Bonchev–Trinajstić information content (AvgIpc) is 3.24. The maximum atomic E-state index is 12.6. The Hall–Kier alpha value is -3.86. The van der Waals surface area contributed by atoms with Crippen LogP contribution in [0, 0.1) is 0 Å². The third kappa shape index (κ3) is 14.8. The summed E-state index contributed by atoms with van der Waals surface area (Å²) in [6.45, 7) is 15.1. The second-order valence-corrected chi connectivity index (χ2v) is 18.6. The van der Waals surface area contributed by atoms with Crippen molar-refractivity contribution in [2.45, 2.75) is 9.79 Å². The molecule has 2 fully saturated rings. The Labute approximate surface area is 429 Å². The van der Waals surface area contributed by atoms with Crippen molar-refractivity contribution in [2.24, 2.45) is 0 Å². The van der Waals surface area contributed by atoms with E-state index in [2.05, 4.69) is 78.4 Å². The van der Waals surface area contributed by atoms with E-state index < -0.39 is 30.0 Å². The van der Waals surface area contributed by atoms with E-state index in [9.17, 15) is 36.2 Å². The molecular weight excluding hydrogens is 915 g/mol. The molecule has 4 heterocycles. The van der Waals surface area contributed by atoms with Crippen molar-refractivity contribution in [3.63, 3.8) is 0 Å². The van der Waals surface area contributed by atoms with Crippen LogP contribution in [0.2, 0.25) is 0 Å². The Bertz CT molecular complexity index is 2400. The van der Waals surface area contributed by atoms with Crippen LogP contribution in [0.1, 0.15) is 11.1 Å². The first kappa shape index (κ1) is 54.7. The number of nitrogens with one attached hydrogen (secondary N) is 4. The van der Waals surface area contributed by atoms with Crippen LogP contribution in [0.5, 0.6) is 0 Å². The van der Waals surface area contributed by atoms with E-state index >= 15 is 0 Å². The fraction of sp³-hybridized carbons (Fsp3) is 0.400. The average molecular weight is 969 g/mol. The molecule has 2 saturated heterocycles. The van der Waals surface area contributed by atoms with Crippen molar-refractivity contribution >= 4 is 79.5 Å². The summed E-state index contributed by atoms with van der Waals surface area (Å²) >= 11 is 0. The van der Waals surface area contributed by atoms with Gasteiger partial charge in [0.1, 0.15) is 20.2 Å². The Morgan fingerprint density at radius 2 is 0.970 bits per heavy atom. The van der Waals surface area contributed by atoms with Gasteiger partial charge in [0, 0.05) is 24.5 Å². The normalized spacial score (nSPS) is 15.8. The number of aromatic nitrogens is 6. The zero-order valence-corrected chi connectivity index (χ0v) is 43.4. The molecule has 0 spiro atoms. The number of aliphatic hydroxyl groups excluding tert-OH is 2. The van der Waals surface area contributed by atoms with Crippen LogP contribution in [-0.4, -0.2) is 181 Å². The van der Waals surface area contributed by atoms with Gasteiger partial charge >= 0.3 is 59.1 Å². The summed E-state index contributed by atoms with van der Waals surface area (Å²) in [7, 11) is -5.93. The molecule has 0 saturated carbocycles. The first-order valence-electron chi connectivity index (χ1n) is 20.5. The number of quaternary nitrogens is 2. The van der Waals surface area contributed by atoms with Crippen molar-refractivity contribution in [3.8, 4) is 0 Å². The largest absolute Gasteiger partial charge is 1.00 e. The van der Waals surface area contributed by atoms with Gasteiger partial charge < -0.3 is 59.4 Å². The molecule has 4 aromatic rings. The molecule has 0 bridgehead atoms. The van der Waals surface area contributed by atoms with Gasteiger partial charge in [-0.25, -0.2) is 16.8 Å². The summed E-state index contributed by atoms with van der Waals surface area (Å²) < 4.78 is 77.3. The molecule has 2 aliphatic rings. The van der Waals surface area contributed by atoms with Crippen LogP contribution < -0.4 is 90.2 Å².